The Morgan fingerprint density at radius 3 is 2.55 bits per heavy atom. The predicted octanol–water partition coefficient (Wildman–Crippen LogP) is 1.03. The highest BCUT2D eigenvalue weighted by molar-refractivity contribution is 5.76. The molecule has 1 radical (unpaired) electrons. The van der Waals surface area contributed by atoms with Crippen molar-refractivity contribution < 1.29 is 0 Å². The maximum absolute atomic E-state index is 6.97. The minimum Gasteiger partial charge on any atom is -0.388 e. The van der Waals surface area contributed by atoms with Crippen molar-refractivity contribution >= 4 is 5.84 Å². The average Bonchev–Trinajstić information content (AvgIpc) is 1.87. The lowest BCUT2D eigenvalue weighted by Gasteiger charge is -2.08. The molecule has 3 heteroatoms. The van der Waals surface area contributed by atoms with Gasteiger partial charge in [0.15, 0.2) is 0 Å². The van der Waals surface area contributed by atoms with Crippen LogP contribution >= 0.6 is 0 Å². The molecule has 0 aliphatic rings. The van der Waals surface area contributed by atoms with Gasteiger partial charge in [0.2, 0.25) is 0 Å². The molecule has 0 fully saturated rings. The molecule has 65 valence electrons. The lowest BCUT2D eigenvalue weighted by atomic mass is 10.1. The van der Waals surface area contributed by atoms with Crippen LogP contribution in [0.2, 0.25) is 0 Å². The fraction of sp³-hybridized carbons (Fsp3) is 0.750. The molecule has 0 amide bonds. The molecule has 0 aromatic carbocycles. The summed E-state index contributed by atoms with van der Waals surface area (Å²) >= 11 is 0. The first kappa shape index (κ1) is 10.4. The van der Waals surface area contributed by atoms with E-state index in [0.29, 0.717) is 6.42 Å². The largest absolute Gasteiger partial charge is 0.388 e. The Morgan fingerprint density at radius 1 is 1.45 bits per heavy atom. The van der Waals surface area contributed by atoms with Gasteiger partial charge >= 0.3 is 0 Å². The van der Waals surface area contributed by atoms with Crippen LogP contribution in [0.25, 0.3) is 0 Å². The van der Waals surface area contributed by atoms with Gasteiger partial charge in [-0.2, -0.15) is 0 Å². The summed E-state index contributed by atoms with van der Waals surface area (Å²) in [6.45, 7) is 3.72. The van der Waals surface area contributed by atoms with Crippen molar-refractivity contribution in [3.05, 3.63) is 6.92 Å². The second-order valence-corrected chi connectivity index (χ2v) is 2.82. The van der Waals surface area contributed by atoms with Gasteiger partial charge in [-0.1, -0.05) is 13.3 Å². The third-order valence-corrected chi connectivity index (χ3v) is 1.60. The van der Waals surface area contributed by atoms with Crippen LogP contribution < -0.4 is 11.5 Å². The minimum atomic E-state index is 0.242. The summed E-state index contributed by atoms with van der Waals surface area (Å²) in [5.74, 6) is 0.256. The van der Waals surface area contributed by atoms with Crippen molar-refractivity contribution in [1.82, 2.24) is 0 Å². The first-order valence-electron chi connectivity index (χ1n) is 4.04. The number of hydrogen-bond donors (Lipinski definition) is 3. The van der Waals surface area contributed by atoms with Gasteiger partial charge in [0.1, 0.15) is 0 Å². The average molecular weight is 156 g/mol. The van der Waals surface area contributed by atoms with E-state index in [0.717, 1.165) is 25.7 Å². The molecule has 0 saturated carbocycles. The molecule has 5 N–H and O–H groups in total. The Labute approximate surface area is 68.7 Å². The maximum atomic E-state index is 6.97. The quantitative estimate of drug-likeness (QED) is 0.397. The molecule has 0 aromatic heterocycles. The molecule has 1 unspecified atom stereocenters. The van der Waals surface area contributed by atoms with E-state index in [1.54, 1.807) is 0 Å². The van der Waals surface area contributed by atoms with E-state index in [4.69, 9.17) is 16.9 Å². The molecule has 0 aliphatic carbocycles. The van der Waals surface area contributed by atoms with Crippen molar-refractivity contribution in [2.24, 2.45) is 11.5 Å². The van der Waals surface area contributed by atoms with Crippen molar-refractivity contribution in [2.45, 2.75) is 38.1 Å². The van der Waals surface area contributed by atoms with Crippen LogP contribution in [-0.4, -0.2) is 11.9 Å². The molecule has 1 atom stereocenters. The Bertz CT molecular complexity index is 112. The molecule has 0 aliphatic heterocycles. The van der Waals surface area contributed by atoms with Gasteiger partial charge in [0, 0.05) is 12.5 Å². The van der Waals surface area contributed by atoms with Gasteiger partial charge < -0.3 is 11.5 Å². The van der Waals surface area contributed by atoms with Crippen LogP contribution in [0, 0.1) is 12.3 Å². The smallest absolute Gasteiger partial charge is 0.0905 e. The Balaban J connectivity index is 3.16. The predicted molar refractivity (Wildman–Crippen MR) is 48.3 cm³/mol. The van der Waals surface area contributed by atoms with Gasteiger partial charge in [0.05, 0.1) is 5.84 Å². The van der Waals surface area contributed by atoms with Crippen molar-refractivity contribution in [1.29, 1.82) is 5.41 Å². The van der Waals surface area contributed by atoms with Crippen LogP contribution in [0.3, 0.4) is 0 Å². The third kappa shape index (κ3) is 7.33. The first-order chi connectivity index (χ1) is 5.16. The highest BCUT2D eigenvalue weighted by Gasteiger charge is 2.00. The summed E-state index contributed by atoms with van der Waals surface area (Å²) in [6, 6.07) is 0.242. The summed E-state index contributed by atoms with van der Waals surface area (Å²) in [6.07, 6.45) is 4.41. The van der Waals surface area contributed by atoms with Crippen LogP contribution in [0.4, 0.5) is 0 Å². The van der Waals surface area contributed by atoms with Gasteiger partial charge in [-0.25, -0.2) is 0 Å². The molecule has 3 nitrogen and oxygen atoms in total. The second-order valence-electron chi connectivity index (χ2n) is 2.82. The SMILES string of the molecule is [CH2]CCC(N)CCCC(=N)N. The van der Waals surface area contributed by atoms with E-state index < -0.39 is 0 Å². The van der Waals surface area contributed by atoms with Gasteiger partial charge in [-0.3, -0.25) is 5.41 Å². The number of nitrogens with two attached hydrogens (primary N) is 2. The van der Waals surface area contributed by atoms with Crippen LogP contribution in [0.1, 0.15) is 32.1 Å². The molecule has 11 heavy (non-hydrogen) atoms. The van der Waals surface area contributed by atoms with E-state index in [-0.39, 0.29) is 11.9 Å². The molecule has 0 spiro atoms. The maximum Gasteiger partial charge on any atom is 0.0905 e. The highest BCUT2D eigenvalue weighted by atomic mass is 14.7. The van der Waals surface area contributed by atoms with E-state index in [1.165, 1.54) is 0 Å². The molecular weight excluding hydrogens is 138 g/mol. The topological polar surface area (TPSA) is 75.9 Å². The molecule has 0 rings (SSSR count). The summed E-state index contributed by atoms with van der Waals surface area (Å²) in [4.78, 5) is 0. The lowest BCUT2D eigenvalue weighted by molar-refractivity contribution is 0.556. The summed E-state index contributed by atoms with van der Waals surface area (Å²) in [7, 11) is 0. The Kier molecular flexibility index (Phi) is 5.84. The fourth-order valence-corrected chi connectivity index (χ4v) is 0.961. The summed E-state index contributed by atoms with van der Waals surface area (Å²) in [5, 5.41) is 6.97. The molecule has 0 aromatic rings. The zero-order valence-electron chi connectivity index (χ0n) is 6.97. The van der Waals surface area contributed by atoms with Crippen LogP contribution in [-0.2, 0) is 0 Å². The number of nitrogens with one attached hydrogen (secondary N) is 1. The van der Waals surface area contributed by atoms with E-state index in [2.05, 4.69) is 6.92 Å². The molecular formula is C8H18N3. The van der Waals surface area contributed by atoms with Gasteiger partial charge in [0.25, 0.3) is 0 Å². The monoisotopic (exact) mass is 156 g/mol. The Hall–Kier alpha value is -0.570. The summed E-state index contributed by atoms with van der Waals surface area (Å²) < 4.78 is 0. The van der Waals surface area contributed by atoms with E-state index in [9.17, 15) is 0 Å². The van der Waals surface area contributed by atoms with E-state index in [1.807, 2.05) is 0 Å². The standard InChI is InChI=1S/C8H18N3/c1-2-4-7(9)5-3-6-8(10)11/h7H,1-6,9H2,(H3,10,11). The normalized spacial score (nSPS) is 12.9. The van der Waals surface area contributed by atoms with Crippen molar-refractivity contribution in [3.63, 3.8) is 0 Å². The zero-order chi connectivity index (χ0) is 8.69. The van der Waals surface area contributed by atoms with Crippen LogP contribution in [0.5, 0.6) is 0 Å². The van der Waals surface area contributed by atoms with Crippen LogP contribution in [0.15, 0.2) is 0 Å². The molecule has 0 bridgehead atoms. The Morgan fingerprint density at radius 2 is 2.09 bits per heavy atom. The first-order valence-corrected chi connectivity index (χ1v) is 4.04. The number of amidine groups is 1. The lowest BCUT2D eigenvalue weighted by Crippen LogP contribution is -2.20. The molecule has 0 heterocycles. The van der Waals surface area contributed by atoms with Crippen molar-refractivity contribution in [2.75, 3.05) is 0 Å². The zero-order valence-corrected chi connectivity index (χ0v) is 6.97. The van der Waals surface area contributed by atoms with E-state index >= 15 is 0 Å². The fourth-order valence-electron chi connectivity index (χ4n) is 0.961. The minimum absolute atomic E-state index is 0.242. The number of rotatable bonds is 6. The molecule has 0 saturated heterocycles. The second kappa shape index (κ2) is 6.16. The third-order valence-electron chi connectivity index (χ3n) is 1.60. The summed E-state index contributed by atoms with van der Waals surface area (Å²) in [5.41, 5.74) is 10.9. The van der Waals surface area contributed by atoms with Gasteiger partial charge in [-0.15, -0.1) is 0 Å². The van der Waals surface area contributed by atoms with Crippen molar-refractivity contribution in [3.8, 4) is 0 Å². The van der Waals surface area contributed by atoms with Gasteiger partial charge in [-0.05, 0) is 19.3 Å². The number of hydrogen-bond acceptors (Lipinski definition) is 2. The highest BCUT2D eigenvalue weighted by Crippen LogP contribution is 2.03.